The summed E-state index contributed by atoms with van der Waals surface area (Å²) in [6.45, 7) is 0.299. The van der Waals surface area contributed by atoms with Crippen molar-refractivity contribution in [3.8, 4) is 11.8 Å². The number of benzene rings is 1. The van der Waals surface area contributed by atoms with Gasteiger partial charge in [-0.25, -0.2) is 8.42 Å². The van der Waals surface area contributed by atoms with Crippen LogP contribution in [0.3, 0.4) is 0 Å². The Morgan fingerprint density at radius 3 is 2.70 bits per heavy atom. The Hall–Kier alpha value is -1.58. The van der Waals surface area contributed by atoms with Gasteiger partial charge in [-0.1, -0.05) is 18.2 Å². The molecular formula is C14H15NO4S. The summed E-state index contributed by atoms with van der Waals surface area (Å²) < 4.78 is 29.0. The fraction of sp³-hybridized carbons (Fsp3) is 0.500. The second-order valence-electron chi connectivity index (χ2n) is 5.49. The third kappa shape index (κ3) is 1.74. The molecule has 0 aliphatic carbocycles. The number of hydrogen-bond donors (Lipinski definition) is 1. The van der Waals surface area contributed by atoms with Gasteiger partial charge in [0.2, 0.25) is 0 Å². The molecule has 2 aliphatic rings. The highest BCUT2D eigenvalue weighted by Gasteiger charge is 2.59. The Morgan fingerprint density at radius 2 is 2.05 bits per heavy atom. The lowest BCUT2D eigenvalue weighted by Gasteiger charge is -2.42. The van der Waals surface area contributed by atoms with Gasteiger partial charge in [-0.05, 0) is 12.5 Å². The molecule has 1 aromatic carbocycles. The van der Waals surface area contributed by atoms with E-state index in [0.717, 1.165) is 0 Å². The molecule has 1 N–H and O–H groups in total. The maximum absolute atomic E-state index is 11.8. The number of sulfone groups is 1. The number of para-hydroxylation sites is 1. The Labute approximate surface area is 117 Å². The number of nitriles is 1. The van der Waals surface area contributed by atoms with Crippen LogP contribution in [0, 0.1) is 11.3 Å². The summed E-state index contributed by atoms with van der Waals surface area (Å²) in [5, 5.41) is 20.6. The van der Waals surface area contributed by atoms with Crippen LogP contribution >= 0.6 is 0 Å². The van der Waals surface area contributed by atoms with E-state index in [9.17, 15) is 18.8 Å². The van der Waals surface area contributed by atoms with Gasteiger partial charge >= 0.3 is 0 Å². The molecule has 5 nitrogen and oxygen atoms in total. The van der Waals surface area contributed by atoms with E-state index in [1.807, 2.05) is 0 Å². The maximum atomic E-state index is 11.8. The summed E-state index contributed by atoms with van der Waals surface area (Å²) in [5.41, 5.74) is -2.17. The molecule has 0 aromatic heterocycles. The van der Waals surface area contributed by atoms with Crippen LogP contribution in [-0.2, 0) is 15.3 Å². The van der Waals surface area contributed by atoms with Crippen molar-refractivity contribution < 1.29 is 18.3 Å². The topological polar surface area (TPSA) is 87.4 Å². The third-order valence-electron chi connectivity index (χ3n) is 4.35. The molecule has 3 rings (SSSR count). The van der Waals surface area contributed by atoms with E-state index in [-0.39, 0.29) is 17.9 Å². The molecule has 2 aliphatic heterocycles. The molecule has 1 saturated heterocycles. The lowest BCUT2D eigenvalue weighted by molar-refractivity contribution is -0.00908. The zero-order chi connectivity index (χ0) is 14.4. The van der Waals surface area contributed by atoms with Gasteiger partial charge in [-0.2, -0.15) is 5.26 Å². The number of ether oxygens (including phenoxy) is 1. The molecule has 106 valence electrons. The van der Waals surface area contributed by atoms with Gasteiger partial charge in [-0.15, -0.1) is 0 Å². The van der Waals surface area contributed by atoms with Crippen LogP contribution in [0.15, 0.2) is 24.3 Å². The van der Waals surface area contributed by atoms with Crippen LogP contribution < -0.4 is 4.74 Å². The van der Waals surface area contributed by atoms with Crippen molar-refractivity contribution in [3.63, 3.8) is 0 Å². The van der Waals surface area contributed by atoms with E-state index < -0.39 is 20.9 Å². The number of rotatable bonds is 1. The highest BCUT2D eigenvalue weighted by molar-refractivity contribution is 7.91. The van der Waals surface area contributed by atoms with E-state index in [4.69, 9.17) is 4.74 Å². The summed E-state index contributed by atoms with van der Waals surface area (Å²) >= 11 is 0. The molecular weight excluding hydrogens is 278 g/mol. The first kappa shape index (κ1) is 13.4. The molecule has 0 bridgehead atoms. The predicted molar refractivity (Wildman–Crippen MR) is 72.1 cm³/mol. The standard InChI is InChI=1S/C14H15NO4S/c15-9-13(14(16)6-8-20(17,18)10-14)5-7-19-12-4-2-1-3-11(12)13/h1-4,16H,5-8,10H2. The average molecular weight is 293 g/mol. The van der Waals surface area contributed by atoms with Crippen LogP contribution in [0.25, 0.3) is 0 Å². The quantitative estimate of drug-likeness (QED) is 0.826. The first-order chi connectivity index (χ1) is 9.43. The Morgan fingerprint density at radius 1 is 1.30 bits per heavy atom. The zero-order valence-corrected chi connectivity index (χ0v) is 11.7. The summed E-state index contributed by atoms with van der Waals surface area (Å²) in [6, 6.07) is 9.24. The molecule has 0 amide bonds. The Kier molecular flexibility index (Phi) is 2.82. The van der Waals surface area contributed by atoms with Crippen molar-refractivity contribution in [3.05, 3.63) is 29.8 Å². The van der Waals surface area contributed by atoms with Gasteiger partial charge in [0.25, 0.3) is 0 Å². The summed E-state index contributed by atoms with van der Waals surface area (Å²) in [7, 11) is -3.30. The zero-order valence-electron chi connectivity index (χ0n) is 10.9. The van der Waals surface area contributed by atoms with E-state index >= 15 is 0 Å². The molecule has 1 fully saturated rings. The first-order valence-electron chi connectivity index (χ1n) is 6.49. The van der Waals surface area contributed by atoms with Crippen LogP contribution in [0.1, 0.15) is 18.4 Å². The number of fused-ring (bicyclic) bond motifs is 1. The van der Waals surface area contributed by atoms with E-state index in [1.165, 1.54) is 0 Å². The van der Waals surface area contributed by atoms with Crippen molar-refractivity contribution >= 4 is 9.84 Å². The summed E-state index contributed by atoms with van der Waals surface area (Å²) in [5.74, 6) is 0.121. The fourth-order valence-corrected chi connectivity index (χ4v) is 5.18. The molecule has 1 aromatic rings. The smallest absolute Gasteiger partial charge is 0.153 e. The molecule has 2 atom stereocenters. The van der Waals surface area contributed by atoms with Crippen molar-refractivity contribution in [1.82, 2.24) is 0 Å². The normalized spacial score (nSPS) is 34.8. The lowest BCUT2D eigenvalue weighted by atomic mass is 9.65. The molecule has 2 heterocycles. The minimum atomic E-state index is -3.30. The lowest BCUT2D eigenvalue weighted by Crippen LogP contribution is -2.54. The maximum Gasteiger partial charge on any atom is 0.153 e. The molecule has 6 heteroatoms. The Balaban J connectivity index is 2.18. The molecule has 0 radical (unpaired) electrons. The van der Waals surface area contributed by atoms with Crippen LogP contribution in [-0.4, -0.2) is 37.2 Å². The second-order valence-corrected chi connectivity index (χ2v) is 7.67. The minimum absolute atomic E-state index is 0.0735. The van der Waals surface area contributed by atoms with Crippen molar-refractivity contribution in [2.75, 3.05) is 18.1 Å². The minimum Gasteiger partial charge on any atom is -0.493 e. The van der Waals surface area contributed by atoms with Gasteiger partial charge in [0, 0.05) is 12.0 Å². The Bertz CT molecular complexity index is 693. The number of hydrogen-bond acceptors (Lipinski definition) is 5. The van der Waals surface area contributed by atoms with E-state index in [1.54, 1.807) is 24.3 Å². The highest BCUT2D eigenvalue weighted by Crippen LogP contribution is 2.49. The van der Waals surface area contributed by atoms with Gasteiger partial charge in [-0.3, -0.25) is 0 Å². The summed E-state index contributed by atoms with van der Waals surface area (Å²) in [4.78, 5) is 0. The van der Waals surface area contributed by atoms with Crippen LogP contribution in [0.2, 0.25) is 0 Å². The van der Waals surface area contributed by atoms with Gasteiger partial charge in [0.1, 0.15) is 16.8 Å². The number of aliphatic hydroxyl groups is 1. The predicted octanol–water partition coefficient (Wildman–Crippen LogP) is 0.780. The van der Waals surface area contributed by atoms with Crippen molar-refractivity contribution in [2.24, 2.45) is 0 Å². The average Bonchev–Trinajstić information content (AvgIpc) is 2.73. The highest BCUT2D eigenvalue weighted by atomic mass is 32.2. The van der Waals surface area contributed by atoms with Crippen LogP contribution in [0.5, 0.6) is 5.75 Å². The second kappa shape index (κ2) is 4.21. The first-order valence-corrected chi connectivity index (χ1v) is 8.31. The largest absolute Gasteiger partial charge is 0.493 e. The molecule has 2 unspecified atom stereocenters. The van der Waals surface area contributed by atoms with Crippen molar-refractivity contribution in [1.29, 1.82) is 5.26 Å². The monoisotopic (exact) mass is 293 g/mol. The fourth-order valence-electron chi connectivity index (χ4n) is 3.27. The molecule has 0 spiro atoms. The molecule has 20 heavy (non-hydrogen) atoms. The van der Waals surface area contributed by atoms with Gasteiger partial charge < -0.3 is 9.84 Å². The van der Waals surface area contributed by atoms with Gasteiger partial charge in [0.05, 0.1) is 24.2 Å². The van der Waals surface area contributed by atoms with E-state index in [2.05, 4.69) is 6.07 Å². The van der Waals surface area contributed by atoms with Gasteiger partial charge in [0.15, 0.2) is 9.84 Å². The SMILES string of the molecule is N#CC1(C2(O)CCS(=O)(=O)C2)CCOc2ccccc21. The summed E-state index contributed by atoms with van der Waals surface area (Å²) in [6.07, 6.45) is 0.393. The number of nitrogens with zero attached hydrogens (tertiary/aromatic N) is 1. The third-order valence-corrected chi connectivity index (χ3v) is 6.10. The van der Waals surface area contributed by atoms with E-state index in [0.29, 0.717) is 24.3 Å². The molecule has 0 saturated carbocycles. The van der Waals surface area contributed by atoms with Crippen molar-refractivity contribution in [2.45, 2.75) is 23.9 Å². The van der Waals surface area contributed by atoms with Crippen LogP contribution in [0.4, 0.5) is 0 Å².